The zero-order valence-electron chi connectivity index (χ0n) is 8.56. The summed E-state index contributed by atoms with van der Waals surface area (Å²) in [5, 5.41) is 8.78. The lowest BCUT2D eigenvalue weighted by Gasteiger charge is -2.17. The van der Waals surface area contributed by atoms with Gasteiger partial charge in [0.2, 0.25) is 0 Å². The number of likely N-dealkylation sites (N-methyl/N-ethyl adjacent to an activating group) is 1. The molecule has 1 rings (SSSR count). The number of anilines is 2. The van der Waals surface area contributed by atoms with Gasteiger partial charge in [0.05, 0.1) is 6.61 Å². The van der Waals surface area contributed by atoms with E-state index in [1.807, 2.05) is 18.9 Å². The van der Waals surface area contributed by atoms with E-state index in [0.29, 0.717) is 12.4 Å². The van der Waals surface area contributed by atoms with E-state index >= 15 is 0 Å². The van der Waals surface area contributed by atoms with Gasteiger partial charge < -0.3 is 15.7 Å². The molecule has 3 N–H and O–H groups in total. The van der Waals surface area contributed by atoms with Crippen LogP contribution in [0.1, 0.15) is 12.7 Å². The molecule has 5 heteroatoms. The number of rotatable bonds is 4. The molecular weight excluding hydrogens is 180 g/mol. The molecule has 0 unspecified atom stereocenters. The SMILES string of the molecule is CCc1nc(N)cc(N(C)CCO)n1. The topological polar surface area (TPSA) is 75.3 Å². The molecule has 0 bridgehead atoms. The summed E-state index contributed by atoms with van der Waals surface area (Å²) in [5.74, 6) is 1.95. The van der Waals surface area contributed by atoms with Crippen molar-refractivity contribution in [3.8, 4) is 0 Å². The average molecular weight is 196 g/mol. The number of nitrogens with zero attached hydrogens (tertiary/aromatic N) is 3. The van der Waals surface area contributed by atoms with E-state index in [4.69, 9.17) is 10.8 Å². The molecule has 14 heavy (non-hydrogen) atoms. The maximum atomic E-state index is 8.78. The van der Waals surface area contributed by atoms with Crippen LogP contribution >= 0.6 is 0 Å². The molecule has 0 aromatic carbocycles. The number of aromatic nitrogens is 2. The highest BCUT2D eigenvalue weighted by Gasteiger charge is 2.05. The molecule has 0 saturated heterocycles. The smallest absolute Gasteiger partial charge is 0.134 e. The molecule has 0 atom stereocenters. The van der Waals surface area contributed by atoms with Crippen LogP contribution in [0.25, 0.3) is 0 Å². The summed E-state index contributed by atoms with van der Waals surface area (Å²) in [6.07, 6.45) is 0.755. The largest absolute Gasteiger partial charge is 0.395 e. The van der Waals surface area contributed by atoms with E-state index in [9.17, 15) is 0 Å². The molecule has 1 aromatic rings. The summed E-state index contributed by atoms with van der Waals surface area (Å²) in [6.45, 7) is 2.62. The fourth-order valence-corrected chi connectivity index (χ4v) is 1.12. The molecule has 0 spiro atoms. The van der Waals surface area contributed by atoms with Gasteiger partial charge in [-0.2, -0.15) is 0 Å². The molecule has 1 heterocycles. The minimum absolute atomic E-state index is 0.0991. The third-order valence-electron chi connectivity index (χ3n) is 1.92. The molecule has 5 nitrogen and oxygen atoms in total. The van der Waals surface area contributed by atoms with Gasteiger partial charge in [0.25, 0.3) is 0 Å². The fourth-order valence-electron chi connectivity index (χ4n) is 1.12. The fraction of sp³-hybridized carbons (Fsp3) is 0.556. The van der Waals surface area contributed by atoms with Gasteiger partial charge >= 0.3 is 0 Å². The van der Waals surface area contributed by atoms with Crippen LogP contribution in [0.15, 0.2) is 6.07 Å². The Morgan fingerprint density at radius 3 is 2.79 bits per heavy atom. The first-order valence-corrected chi connectivity index (χ1v) is 4.62. The van der Waals surface area contributed by atoms with Crippen molar-refractivity contribution in [3.63, 3.8) is 0 Å². The third kappa shape index (κ3) is 2.56. The molecular formula is C9H16N4O. The van der Waals surface area contributed by atoms with Crippen molar-refractivity contribution in [2.24, 2.45) is 0 Å². The Bertz CT molecular complexity index is 303. The lowest BCUT2D eigenvalue weighted by atomic mass is 10.4. The standard InChI is InChI=1S/C9H16N4O/c1-3-8-11-7(10)6-9(12-8)13(2)4-5-14/h6,14H,3-5H2,1-2H3,(H2,10,11,12). The molecule has 0 amide bonds. The second-order valence-electron chi connectivity index (χ2n) is 3.07. The van der Waals surface area contributed by atoms with Crippen molar-refractivity contribution in [1.82, 2.24) is 9.97 Å². The van der Waals surface area contributed by atoms with Crippen molar-refractivity contribution in [2.75, 3.05) is 30.8 Å². The van der Waals surface area contributed by atoms with E-state index in [-0.39, 0.29) is 6.61 Å². The highest BCUT2D eigenvalue weighted by Crippen LogP contribution is 2.12. The monoisotopic (exact) mass is 196 g/mol. The Hall–Kier alpha value is -1.36. The van der Waals surface area contributed by atoms with E-state index in [1.54, 1.807) is 6.07 Å². The predicted molar refractivity (Wildman–Crippen MR) is 56.2 cm³/mol. The van der Waals surface area contributed by atoms with E-state index in [2.05, 4.69) is 9.97 Å². The molecule has 0 aliphatic heterocycles. The molecule has 0 aliphatic rings. The average Bonchev–Trinajstić information content (AvgIpc) is 2.17. The molecule has 78 valence electrons. The van der Waals surface area contributed by atoms with Crippen molar-refractivity contribution in [2.45, 2.75) is 13.3 Å². The van der Waals surface area contributed by atoms with Crippen LogP contribution in [-0.4, -0.2) is 35.3 Å². The number of nitrogen functional groups attached to an aromatic ring is 1. The molecule has 0 aliphatic carbocycles. The van der Waals surface area contributed by atoms with E-state index < -0.39 is 0 Å². The van der Waals surface area contributed by atoms with Crippen LogP contribution in [0.2, 0.25) is 0 Å². The number of nitrogens with two attached hydrogens (primary N) is 1. The molecule has 0 radical (unpaired) electrons. The van der Waals surface area contributed by atoms with Crippen molar-refractivity contribution < 1.29 is 5.11 Å². The van der Waals surface area contributed by atoms with Gasteiger partial charge in [-0.25, -0.2) is 9.97 Å². The molecule has 1 aromatic heterocycles. The third-order valence-corrected chi connectivity index (χ3v) is 1.92. The lowest BCUT2D eigenvalue weighted by molar-refractivity contribution is 0.304. The molecule has 0 saturated carbocycles. The maximum absolute atomic E-state index is 8.78. The highest BCUT2D eigenvalue weighted by molar-refractivity contribution is 5.46. The Kier molecular flexibility index (Phi) is 3.64. The predicted octanol–water partition coefficient (Wildman–Crippen LogP) is 0.0497. The van der Waals surface area contributed by atoms with Crippen LogP contribution in [0.5, 0.6) is 0 Å². The Balaban J connectivity index is 2.90. The number of aryl methyl sites for hydroxylation is 1. The van der Waals surface area contributed by atoms with Gasteiger partial charge in [-0.15, -0.1) is 0 Å². The molecule has 0 fully saturated rings. The minimum atomic E-state index is 0.0991. The Morgan fingerprint density at radius 1 is 1.50 bits per heavy atom. The summed E-state index contributed by atoms with van der Waals surface area (Å²) in [5.41, 5.74) is 5.63. The summed E-state index contributed by atoms with van der Waals surface area (Å²) >= 11 is 0. The summed E-state index contributed by atoms with van der Waals surface area (Å²) < 4.78 is 0. The van der Waals surface area contributed by atoms with Crippen molar-refractivity contribution in [1.29, 1.82) is 0 Å². The van der Waals surface area contributed by atoms with Crippen LogP contribution in [-0.2, 0) is 6.42 Å². The van der Waals surface area contributed by atoms with Gasteiger partial charge in [-0.1, -0.05) is 6.92 Å². The van der Waals surface area contributed by atoms with Crippen molar-refractivity contribution >= 4 is 11.6 Å². The number of hydrogen-bond donors (Lipinski definition) is 2. The first-order chi connectivity index (χ1) is 6.67. The van der Waals surface area contributed by atoms with Gasteiger partial charge in [0.1, 0.15) is 17.5 Å². The van der Waals surface area contributed by atoms with Crippen LogP contribution in [0, 0.1) is 0 Å². The van der Waals surface area contributed by atoms with Crippen LogP contribution in [0.3, 0.4) is 0 Å². The van der Waals surface area contributed by atoms with E-state index in [0.717, 1.165) is 18.1 Å². The van der Waals surface area contributed by atoms with Gasteiger partial charge in [-0.3, -0.25) is 0 Å². The van der Waals surface area contributed by atoms with Gasteiger partial charge in [0.15, 0.2) is 0 Å². The zero-order chi connectivity index (χ0) is 10.6. The minimum Gasteiger partial charge on any atom is -0.395 e. The second kappa shape index (κ2) is 4.76. The van der Waals surface area contributed by atoms with E-state index in [1.165, 1.54) is 0 Å². The summed E-state index contributed by atoms with van der Waals surface area (Å²) in [4.78, 5) is 10.2. The maximum Gasteiger partial charge on any atom is 0.134 e. The number of aliphatic hydroxyl groups is 1. The van der Waals surface area contributed by atoms with Crippen LogP contribution in [0.4, 0.5) is 11.6 Å². The highest BCUT2D eigenvalue weighted by atomic mass is 16.3. The summed E-state index contributed by atoms with van der Waals surface area (Å²) in [6, 6.07) is 1.70. The lowest BCUT2D eigenvalue weighted by Crippen LogP contribution is -2.23. The Morgan fingerprint density at radius 2 is 2.21 bits per heavy atom. The quantitative estimate of drug-likeness (QED) is 0.711. The van der Waals surface area contributed by atoms with Crippen LogP contribution < -0.4 is 10.6 Å². The first kappa shape index (κ1) is 10.7. The zero-order valence-corrected chi connectivity index (χ0v) is 8.56. The van der Waals surface area contributed by atoms with Gasteiger partial charge in [0, 0.05) is 26.1 Å². The number of hydrogen-bond acceptors (Lipinski definition) is 5. The second-order valence-corrected chi connectivity index (χ2v) is 3.07. The van der Waals surface area contributed by atoms with Crippen molar-refractivity contribution in [3.05, 3.63) is 11.9 Å². The van der Waals surface area contributed by atoms with Gasteiger partial charge in [-0.05, 0) is 0 Å². The Labute approximate surface area is 83.6 Å². The first-order valence-electron chi connectivity index (χ1n) is 4.62. The number of aliphatic hydroxyl groups excluding tert-OH is 1. The normalized spacial score (nSPS) is 10.2. The summed E-state index contributed by atoms with van der Waals surface area (Å²) in [7, 11) is 1.86.